The number of hydrogen-bond acceptors (Lipinski definition) is 7. The van der Waals surface area contributed by atoms with Crippen LogP contribution in [0.4, 0.5) is 0 Å². The van der Waals surface area contributed by atoms with Crippen molar-refractivity contribution in [2.45, 2.75) is 45.1 Å². The Bertz CT molecular complexity index is 868. The van der Waals surface area contributed by atoms with Gasteiger partial charge in [-0.15, -0.1) is 5.10 Å². The molecule has 0 bridgehead atoms. The SMILES string of the molecule is CC(C)c1noc([C@@H]2CCCCN2C(=O)c2nc3ncccn3n2)n1. The summed E-state index contributed by atoms with van der Waals surface area (Å²) in [6.45, 7) is 4.63. The minimum absolute atomic E-state index is 0.134. The quantitative estimate of drug-likeness (QED) is 0.718. The monoisotopic (exact) mass is 341 g/mol. The average molecular weight is 341 g/mol. The van der Waals surface area contributed by atoms with E-state index in [2.05, 4.69) is 25.2 Å². The van der Waals surface area contributed by atoms with Gasteiger partial charge in [0, 0.05) is 24.9 Å². The van der Waals surface area contributed by atoms with Crippen LogP contribution in [0, 0.1) is 0 Å². The van der Waals surface area contributed by atoms with E-state index in [1.807, 2.05) is 13.8 Å². The summed E-state index contributed by atoms with van der Waals surface area (Å²) in [5.41, 5.74) is 0. The fraction of sp³-hybridized carbons (Fsp3) is 0.500. The van der Waals surface area contributed by atoms with Gasteiger partial charge in [0.05, 0.1) is 0 Å². The predicted octanol–water partition coefficient (Wildman–Crippen LogP) is 2.00. The predicted molar refractivity (Wildman–Crippen MR) is 86.8 cm³/mol. The molecule has 0 spiro atoms. The lowest BCUT2D eigenvalue weighted by Crippen LogP contribution is -2.39. The van der Waals surface area contributed by atoms with Crippen LogP contribution in [0.5, 0.6) is 0 Å². The summed E-state index contributed by atoms with van der Waals surface area (Å²) in [5.74, 6) is 1.62. The van der Waals surface area contributed by atoms with Gasteiger partial charge in [0.2, 0.25) is 11.7 Å². The Balaban J connectivity index is 1.64. The summed E-state index contributed by atoms with van der Waals surface area (Å²) in [6, 6.07) is 1.51. The highest BCUT2D eigenvalue weighted by atomic mass is 16.5. The zero-order chi connectivity index (χ0) is 17.4. The summed E-state index contributed by atoms with van der Waals surface area (Å²) < 4.78 is 6.92. The fourth-order valence-electron chi connectivity index (χ4n) is 3.00. The number of nitrogens with zero attached hydrogens (tertiary/aromatic N) is 7. The molecule has 3 aromatic heterocycles. The number of likely N-dealkylation sites (tertiary alicyclic amines) is 1. The standard InChI is InChI=1S/C16H19N7O2/c1-10(2)12-18-14(25-21-12)11-6-3-4-8-22(11)15(24)13-19-16-17-7-5-9-23(16)20-13/h5,7,9-11H,3-4,6,8H2,1-2H3/t11-/m0/s1. The first-order valence-corrected chi connectivity index (χ1v) is 8.45. The number of piperidine rings is 1. The Hall–Kier alpha value is -2.84. The molecule has 0 saturated carbocycles. The van der Waals surface area contributed by atoms with Crippen molar-refractivity contribution >= 4 is 11.7 Å². The van der Waals surface area contributed by atoms with Crippen LogP contribution >= 0.6 is 0 Å². The minimum Gasteiger partial charge on any atom is -0.337 e. The zero-order valence-corrected chi connectivity index (χ0v) is 14.2. The third-order valence-corrected chi connectivity index (χ3v) is 4.33. The van der Waals surface area contributed by atoms with Crippen molar-refractivity contribution in [3.63, 3.8) is 0 Å². The maximum atomic E-state index is 13.0. The second-order valence-electron chi connectivity index (χ2n) is 6.46. The molecule has 3 aromatic rings. The topological polar surface area (TPSA) is 102 Å². The van der Waals surface area contributed by atoms with E-state index in [1.54, 1.807) is 23.4 Å². The van der Waals surface area contributed by atoms with E-state index < -0.39 is 0 Å². The Labute approximate surface area is 144 Å². The second kappa shape index (κ2) is 6.23. The van der Waals surface area contributed by atoms with Gasteiger partial charge >= 0.3 is 0 Å². The molecule has 0 N–H and O–H groups in total. The van der Waals surface area contributed by atoms with Crippen molar-refractivity contribution < 1.29 is 9.32 Å². The number of carbonyl (C=O) groups excluding carboxylic acids is 1. The van der Waals surface area contributed by atoms with Crippen LogP contribution in [-0.4, -0.2) is 47.1 Å². The average Bonchev–Trinajstić information content (AvgIpc) is 3.28. The normalized spacial score (nSPS) is 18.2. The zero-order valence-electron chi connectivity index (χ0n) is 14.2. The first kappa shape index (κ1) is 15.7. The Kier molecular flexibility index (Phi) is 3.90. The van der Waals surface area contributed by atoms with Crippen LogP contribution in [0.25, 0.3) is 5.78 Å². The third-order valence-electron chi connectivity index (χ3n) is 4.33. The molecule has 0 aliphatic carbocycles. The van der Waals surface area contributed by atoms with E-state index in [0.29, 0.717) is 24.0 Å². The van der Waals surface area contributed by atoms with Crippen LogP contribution in [0.1, 0.15) is 67.4 Å². The van der Waals surface area contributed by atoms with Crippen LogP contribution < -0.4 is 0 Å². The molecule has 1 atom stereocenters. The van der Waals surface area contributed by atoms with Gasteiger partial charge in [-0.25, -0.2) is 9.50 Å². The minimum atomic E-state index is -0.237. The Morgan fingerprint density at radius 1 is 1.32 bits per heavy atom. The smallest absolute Gasteiger partial charge is 0.294 e. The van der Waals surface area contributed by atoms with Gasteiger partial charge in [-0.2, -0.15) is 9.97 Å². The molecule has 4 rings (SSSR count). The van der Waals surface area contributed by atoms with Gasteiger partial charge in [0.15, 0.2) is 5.82 Å². The molecule has 0 unspecified atom stereocenters. The van der Waals surface area contributed by atoms with Crippen molar-refractivity contribution in [1.82, 2.24) is 34.6 Å². The molecule has 1 amide bonds. The summed E-state index contributed by atoms with van der Waals surface area (Å²) in [4.78, 5) is 27.5. The molecule has 1 aliphatic heterocycles. The molecular weight excluding hydrogens is 322 g/mol. The van der Waals surface area contributed by atoms with Crippen molar-refractivity contribution in [2.24, 2.45) is 0 Å². The maximum Gasteiger partial charge on any atom is 0.294 e. The molecule has 0 radical (unpaired) electrons. The number of hydrogen-bond donors (Lipinski definition) is 0. The van der Waals surface area contributed by atoms with Crippen LogP contribution in [-0.2, 0) is 0 Å². The lowest BCUT2D eigenvalue weighted by molar-refractivity contribution is 0.0549. The fourth-order valence-corrected chi connectivity index (χ4v) is 3.00. The molecular formula is C16H19N7O2. The van der Waals surface area contributed by atoms with Crippen molar-refractivity contribution in [1.29, 1.82) is 0 Å². The van der Waals surface area contributed by atoms with E-state index in [4.69, 9.17) is 4.52 Å². The number of amides is 1. The van der Waals surface area contributed by atoms with Crippen molar-refractivity contribution in [3.05, 3.63) is 36.0 Å². The number of carbonyl (C=O) groups is 1. The summed E-state index contributed by atoms with van der Waals surface area (Å²) >= 11 is 0. The lowest BCUT2D eigenvalue weighted by Gasteiger charge is -2.32. The van der Waals surface area contributed by atoms with Gasteiger partial charge < -0.3 is 9.42 Å². The van der Waals surface area contributed by atoms with Crippen molar-refractivity contribution in [3.8, 4) is 0 Å². The van der Waals surface area contributed by atoms with E-state index in [0.717, 1.165) is 19.3 Å². The van der Waals surface area contributed by atoms with Crippen molar-refractivity contribution in [2.75, 3.05) is 6.54 Å². The van der Waals surface area contributed by atoms with Crippen LogP contribution in [0.3, 0.4) is 0 Å². The first-order valence-electron chi connectivity index (χ1n) is 8.45. The molecule has 4 heterocycles. The van der Waals surface area contributed by atoms with E-state index in [9.17, 15) is 4.79 Å². The molecule has 0 aromatic carbocycles. The molecule has 25 heavy (non-hydrogen) atoms. The Morgan fingerprint density at radius 2 is 2.20 bits per heavy atom. The molecule has 9 heteroatoms. The molecule has 1 saturated heterocycles. The largest absolute Gasteiger partial charge is 0.337 e. The maximum absolute atomic E-state index is 13.0. The van der Waals surface area contributed by atoms with E-state index in [-0.39, 0.29) is 23.7 Å². The van der Waals surface area contributed by atoms with Crippen LogP contribution in [0.2, 0.25) is 0 Å². The van der Waals surface area contributed by atoms with Gasteiger partial charge in [0.1, 0.15) is 6.04 Å². The van der Waals surface area contributed by atoms with E-state index >= 15 is 0 Å². The van der Waals surface area contributed by atoms with Crippen LogP contribution in [0.15, 0.2) is 23.0 Å². The Morgan fingerprint density at radius 3 is 2.96 bits per heavy atom. The number of aromatic nitrogens is 6. The molecule has 130 valence electrons. The highest BCUT2D eigenvalue weighted by Gasteiger charge is 2.34. The van der Waals surface area contributed by atoms with Gasteiger partial charge in [-0.1, -0.05) is 19.0 Å². The lowest BCUT2D eigenvalue weighted by atomic mass is 10.0. The molecule has 1 fully saturated rings. The second-order valence-corrected chi connectivity index (χ2v) is 6.46. The summed E-state index contributed by atoms with van der Waals surface area (Å²) in [5, 5.41) is 8.26. The molecule has 9 nitrogen and oxygen atoms in total. The summed E-state index contributed by atoms with van der Waals surface area (Å²) in [7, 11) is 0. The van der Waals surface area contributed by atoms with E-state index in [1.165, 1.54) is 4.52 Å². The number of rotatable bonds is 3. The van der Waals surface area contributed by atoms with Gasteiger partial charge in [-0.3, -0.25) is 4.79 Å². The number of fused-ring (bicyclic) bond motifs is 1. The van der Waals surface area contributed by atoms with Gasteiger partial charge in [-0.05, 0) is 25.3 Å². The highest BCUT2D eigenvalue weighted by Crippen LogP contribution is 2.31. The first-order chi connectivity index (χ1) is 12.1. The summed E-state index contributed by atoms with van der Waals surface area (Å²) in [6.07, 6.45) is 6.06. The third kappa shape index (κ3) is 2.86. The molecule has 1 aliphatic rings. The van der Waals surface area contributed by atoms with Gasteiger partial charge in [0.25, 0.3) is 11.7 Å². The highest BCUT2D eigenvalue weighted by molar-refractivity contribution is 5.91.